The molecule has 0 bridgehead atoms. The van der Waals surface area contributed by atoms with Gasteiger partial charge in [0.2, 0.25) is 10.0 Å². The fourth-order valence-electron chi connectivity index (χ4n) is 2.09. The van der Waals surface area contributed by atoms with E-state index in [1.807, 2.05) is 13.8 Å². The Hall–Kier alpha value is -2.12. The lowest BCUT2D eigenvalue weighted by atomic mass is 10.2. The van der Waals surface area contributed by atoms with Crippen molar-refractivity contribution in [1.29, 1.82) is 0 Å². The Bertz CT molecular complexity index is 767. The third-order valence-electron chi connectivity index (χ3n) is 3.71. The van der Waals surface area contributed by atoms with Crippen LogP contribution in [0.25, 0.3) is 0 Å². The summed E-state index contributed by atoms with van der Waals surface area (Å²) < 4.78 is 32.2. The van der Waals surface area contributed by atoms with E-state index in [9.17, 15) is 13.2 Å². The number of nitrogens with one attached hydrogen (secondary N) is 2. The zero-order chi connectivity index (χ0) is 17.7. The first-order valence-electron chi connectivity index (χ1n) is 7.80. The molecule has 2 aromatic rings. The number of furan rings is 1. The van der Waals surface area contributed by atoms with Gasteiger partial charge in [0.15, 0.2) is 0 Å². The van der Waals surface area contributed by atoms with Crippen molar-refractivity contribution in [3.63, 3.8) is 0 Å². The third kappa shape index (κ3) is 4.46. The second-order valence-electron chi connectivity index (χ2n) is 5.67. The summed E-state index contributed by atoms with van der Waals surface area (Å²) in [6.07, 6.45) is 2.24. The van der Waals surface area contributed by atoms with Crippen molar-refractivity contribution in [2.24, 2.45) is 0 Å². The first-order chi connectivity index (χ1) is 11.3. The molecule has 1 amide bonds. The van der Waals surface area contributed by atoms with E-state index < -0.39 is 10.0 Å². The van der Waals surface area contributed by atoms with Gasteiger partial charge in [0.1, 0.15) is 5.76 Å². The van der Waals surface area contributed by atoms with E-state index in [4.69, 9.17) is 4.42 Å². The molecule has 0 aliphatic rings. The fourth-order valence-corrected chi connectivity index (χ4v) is 3.42. The Morgan fingerprint density at radius 3 is 2.38 bits per heavy atom. The summed E-state index contributed by atoms with van der Waals surface area (Å²) in [7, 11) is -3.57. The van der Waals surface area contributed by atoms with Crippen LogP contribution in [0.15, 0.2) is 52.0 Å². The largest absolute Gasteiger partial charge is 0.467 e. The van der Waals surface area contributed by atoms with E-state index >= 15 is 0 Å². The average molecular weight is 350 g/mol. The average Bonchev–Trinajstić information content (AvgIpc) is 3.09. The number of benzene rings is 1. The summed E-state index contributed by atoms with van der Waals surface area (Å²) in [5, 5.41) is 2.80. The SMILES string of the molecule is CC[C@@H](C)NS(=O)(=O)c1ccc(C(=O)N[C@@H](C)c2ccco2)cc1. The van der Waals surface area contributed by atoms with Gasteiger partial charge in [-0.3, -0.25) is 4.79 Å². The molecule has 1 aromatic heterocycles. The van der Waals surface area contributed by atoms with Crippen LogP contribution in [-0.2, 0) is 10.0 Å². The Labute approximate surface area is 142 Å². The number of hydrogen-bond donors (Lipinski definition) is 2. The van der Waals surface area contributed by atoms with Crippen molar-refractivity contribution in [3.05, 3.63) is 54.0 Å². The van der Waals surface area contributed by atoms with Gasteiger partial charge in [0.25, 0.3) is 5.91 Å². The molecule has 0 spiro atoms. The van der Waals surface area contributed by atoms with Crippen molar-refractivity contribution >= 4 is 15.9 Å². The minimum atomic E-state index is -3.57. The van der Waals surface area contributed by atoms with Gasteiger partial charge in [-0.15, -0.1) is 0 Å². The predicted octanol–water partition coefficient (Wildman–Crippen LogP) is 2.85. The first kappa shape index (κ1) is 18.2. The first-order valence-corrected chi connectivity index (χ1v) is 9.28. The lowest BCUT2D eigenvalue weighted by Crippen LogP contribution is -2.32. The van der Waals surface area contributed by atoms with Crippen molar-refractivity contribution in [1.82, 2.24) is 10.0 Å². The summed E-state index contributed by atoms with van der Waals surface area (Å²) >= 11 is 0. The minimum absolute atomic E-state index is 0.137. The second kappa shape index (κ2) is 7.63. The Morgan fingerprint density at radius 2 is 1.83 bits per heavy atom. The Morgan fingerprint density at radius 1 is 1.17 bits per heavy atom. The van der Waals surface area contributed by atoms with Crippen molar-refractivity contribution < 1.29 is 17.6 Å². The van der Waals surface area contributed by atoms with Crippen LogP contribution in [0.4, 0.5) is 0 Å². The highest BCUT2D eigenvalue weighted by Gasteiger charge is 2.18. The summed E-state index contributed by atoms with van der Waals surface area (Å²) in [4.78, 5) is 12.4. The Kier molecular flexibility index (Phi) is 5.80. The van der Waals surface area contributed by atoms with E-state index in [0.29, 0.717) is 17.7 Å². The van der Waals surface area contributed by atoms with Gasteiger partial charge in [-0.05, 0) is 56.7 Å². The molecular formula is C17H22N2O4S. The normalized spacial score (nSPS) is 14.1. The van der Waals surface area contributed by atoms with Crippen LogP contribution >= 0.6 is 0 Å². The molecule has 0 saturated heterocycles. The molecular weight excluding hydrogens is 328 g/mol. The van der Waals surface area contributed by atoms with E-state index in [0.717, 1.165) is 0 Å². The lowest BCUT2D eigenvalue weighted by Gasteiger charge is -2.13. The number of carbonyl (C=O) groups is 1. The van der Waals surface area contributed by atoms with Gasteiger partial charge in [0, 0.05) is 11.6 Å². The van der Waals surface area contributed by atoms with Crippen LogP contribution in [0.5, 0.6) is 0 Å². The molecule has 6 nitrogen and oxygen atoms in total. The lowest BCUT2D eigenvalue weighted by molar-refractivity contribution is 0.0935. The zero-order valence-corrected chi connectivity index (χ0v) is 14.8. The predicted molar refractivity (Wildman–Crippen MR) is 91.1 cm³/mol. The van der Waals surface area contributed by atoms with E-state index in [1.54, 1.807) is 25.3 Å². The number of rotatable bonds is 7. The molecule has 0 aliphatic heterocycles. The van der Waals surface area contributed by atoms with Crippen LogP contribution in [0.1, 0.15) is 49.4 Å². The summed E-state index contributed by atoms with van der Waals surface area (Å²) in [5.74, 6) is 0.359. The molecule has 7 heteroatoms. The highest BCUT2D eigenvalue weighted by Crippen LogP contribution is 2.15. The Balaban J connectivity index is 2.07. The van der Waals surface area contributed by atoms with Crippen LogP contribution in [0, 0.1) is 0 Å². The molecule has 1 aromatic carbocycles. The van der Waals surface area contributed by atoms with Crippen LogP contribution < -0.4 is 10.0 Å². The number of sulfonamides is 1. The highest BCUT2D eigenvalue weighted by atomic mass is 32.2. The third-order valence-corrected chi connectivity index (χ3v) is 5.32. The smallest absolute Gasteiger partial charge is 0.251 e. The van der Waals surface area contributed by atoms with E-state index in [1.165, 1.54) is 24.3 Å². The zero-order valence-electron chi connectivity index (χ0n) is 13.9. The summed E-state index contributed by atoms with van der Waals surface area (Å²) in [6, 6.07) is 8.96. The van der Waals surface area contributed by atoms with Crippen molar-refractivity contribution in [2.75, 3.05) is 0 Å². The molecule has 0 saturated carbocycles. The molecule has 0 fully saturated rings. The quantitative estimate of drug-likeness (QED) is 0.804. The van der Waals surface area contributed by atoms with Gasteiger partial charge in [-0.25, -0.2) is 13.1 Å². The van der Waals surface area contributed by atoms with Gasteiger partial charge in [-0.2, -0.15) is 0 Å². The number of hydrogen-bond acceptors (Lipinski definition) is 4. The molecule has 130 valence electrons. The topological polar surface area (TPSA) is 88.4 Å². The van der Waals surface area contributed by atoms with Gasteiger partial charge < -0.3 is 9.73 Å². The number of amides is 1. The second-order valence-corrected chi connectivity index (χ2v) is 7.38. The molecule has 2 rings (SSSR count). The maximum Gasteiger partial charge on any atom is 0.251 e. The molecule has 0 unspecified atom stereocenters. The van der Waals surface area contributed by atoms with Gasteiger partial charge in [-0.1, -0.05) is 6.92 Å². The van der Waals surface area contributed by atoms with Gasteiger partial charge in [0.05, 0.1) is 17.2 Å². The molecule has 0 radical (unpaired) electrons. The summed E-state index contributed by atoms with van der Waals surface area (Å²) in [5.41, 5.74) is 0.385. The maximum absolute atomic E-state index is 12.2. The minimum Gasteiger partial charge on any atom is -0.467 e. The van der Waals surface area contributed by atoms with E-state index in [2.05, 4.69) is 10.0 Å². The van der Waals surface area contributed by atoms with Gasteiger partial charge >= 0.3 is 0 Å². The molecule has 2 N–H and O–H groups in total. The monoisotopic (exact) mass is 350 g/mol. The standard InChI is InChI=1S/C17H22N2O4S/c1-4-12(2)19-24(21,22)15-9-7-14(8-10-15)17(20)18-13(3)16-6-5-11-23-16/h5-13,19H,4H2,1-3H3,(H,18,20)/t12-,13+/m1/s1. The molecule has 24 heavy (non-hydrogen) atoms. The number of carbonyl (C=O) groups excluding carboxylic acids is 1. The summed E-state index contributed by atoms with van der Waals surface area (Å²) in [6.45, 7) is 5.52. The fraction of sp³-hybridized carbons (Fsp3) is 0.353. The maximum atomic E-state index is 12.2. The van der Waals surface area contributed by atoms with Crippen molar-refractivity contribution in [2.45, 2.75) is 44.2 Å². The van der Waals surface area contributed by atoms with Crippen LogP contribution in [0.2, 0.25) is 0 Å². The van der Waals surface area contributed by atoms with Crippen molar-refractivity contribution in [3.8, 4) is 0 Å². The van der Waals surface area contributed by atoms with E-state index in [-0.39, 0.29) is 22.9 Å². The van der Waals surface area contributed by atoms with Crippen LogP contribution in [0.3, 0.4) is 0 Å². The molecule has 1 heterocycles. The highest BCUT2D eigenvalue weighted by molar-refractivity contribution is 7.89. The molecule has 2 atom stereocenters. The molecule has 0 aliphatic carbocycles. The van der Waals surface area contributed by atoms with Crippen LogP contribution in [-0.4, -0.2) is 20.4 Å².